The number of amides is 2. The van der Waals surface area contributed by atoms with E-state index in [1.165, 1.54) is 12.3 Å². The molecule has 2 amide bonds. The molecule has 0 fully saturated rings. The first-order chi connectivity index (χ1) is 10.6. The lowest BCUT2D eigenvalue weighted by Crippen LogP contribution is -2.15. The molecule has 0 aliphatic rings. The number of primary amides is 1. The van der Waals surface area contributed by atoms with Crippen LogP contribution in [0, 0.1) is 0 Å². The lowest BCUT2D eigenvalue weighted by molar-refractivity contribution is -0.116. The molecule has 6 nitrogen and oxygen atoms in total. The van der Waals surface area contributed by atoms with Gasteiger partial charge in [0.15, 0.2) is 0 Å². The van der Waals surface area contributed by atoms with E-state index in [4.69, 9.17) is 11.5 Å². The predicted molar refractivity (Wildman–Crippen MR) is 84.0 cm³/mol. The van der Waals surface area contributed by atoms with Gasteiger partial charge in [0.2, 0.25) is 5.91 Å². The average molecular weight is 298 g/mol. The molecule has 2 aromatic rings. The van der Waals surface area contributed by atoms with E-state index < -0.39 is 5.91 Å². The summed E-state index contributed by atoms with van der Waals surface area (Å²) in [5.41, 5.74) is 13.5. The molecule has 0 saturated carbocycles. The second-order valence-corrected chi connectivity index (χ2v) is 4.87. The summed E-state index contributed by atoms with van der Waals surface area (Å²) in [7, 11) is 0. The molecular weight excluding hydrogens is 280 g/mol. The Morgan fingerprint density at radius 1 is 1.14 bits per heavy atom. The second kappa shape index (κ2) is 7.33. The first-order valence-corrected chi connectivity index (χ1v) is 6.92. The fourth-order valence-electron chi connectivity index (χ4n) is 2.01. The van der Waals surface area contributed by atoms with Crippen molar-refractivity contribution < 1.29 is 9.59 Å². The largest absolute Gasteiger partial charge is 0.364 e. The second-order valence-electron chi connectivity index (χ2n) is 4.87. The normalized spacial score (nSPS) is 10.2. The lowest BCUT2D eigenvalue weighted by Gasteiger charge is -2.06. The molecule has 2 rings (SSSR count). The van der Waals surface area contributed by atoms with Crippen LogP contribution in [0.5, 0.6) is 0 Å². The molecule has 22 heavy (non-hydrogen) atoms. The van der Waals surface area contributed by atoms with Gasteiger partial charge in [0.05, 0.1) is 11.9 Å². The van der Waals surface area contributed by atoms with Crippen LogP contribution >= 0.6 is 0 Å². The standard InChI is InChI=1S/C16H18N4O2/c17-9-12-3-1-2-11(8-12)4-7-15(21)20-13-5-6-14(16(18)22)19-10-13/h1-3,5-6,8,10H,4,7,9,17H2,(H2,18,22)(H,20,21). The maximum absolute atomic E-state index is 11.9. The number of anilines is 1. The van der Waals surface area contributed by atoms with Crippen molar-refractivity contribution in [1.82, 2.24) is 4.98 Å². The monoisotopic (exact) mass is 298 g/mol. The van der Waals surface area contributed by atoms with Crippen LogP contribution in [0.3, 0.4) is 0 Å². The Balaban J connectivity index is 1.88. The number of benzene rings is 1. The molecular formula is C16H18N4O2. The molecule has 0 aliphatic carbocycles. The van der Waals surface area contributed by atoms with Crippen LogP contribution in [0.15, 0.2) is 42.6 Å². The van der Waals surface area contributed by atoms with Crippen LogP contribution in [-0.2, 0) is 17.8 Å². The Kier molecular flexibility index (Phi) is 5.21. The van der Waals surface area contributed by atoms with E-state index in [1.54, 1.807) is 6.07 Å². The number of hydrogen-bond acceptors (Lipinski definition) is 4. The van der Waals surface area contributed by atoms with Gasteiger partial charge in [0.1, 0.15) is 5.69 Å². The summed E-state index contributed by atoms with van der Waals surface area (Å²) in [4.78, 5) is 26.7. The van der Waals surface area contributed by atoms with Gasteiger partial charge in [0.25, 0.3) is 5.91 Å². The SMILES string of the molecule is NCc1cccc(CCC(=O)Nc2ccc(C(N)=O)nc2)c1. The van der Waals surface area contributed by atoms with E-state index >= 15 is 0 Å². The van der Waals surface area contributed by atoms with E-state index in [0.717, 1.165) is 11.1 Å². The smallest absolute Gasteiger partial charge is 0.267 e. The minimum atomic E-state index is -0.599. The van der Waals surface area contributed by atoms with Gasteiger partial charge in [-0.25, -0.2) is 4.98 Å². The highest BCUT2D eigenvalue weighted by molar-refractivity contribution is 5.93. The number of nitrogens with one attached hydrogen (secondary N) is 1. The van der Waals surface area contributed by atoms with Gasteiger partial charge in [-0.15, -0.1) is 0 Å². The molecule has 0 atom stereocenters. The summed E-state index contributed by atoms with van der Waals surface area (Å²) in [6.45, 7) is 0.484. The molecule has 0 spiro atoms. The Bertz CT molecular complexity index is 668. The highest BCUT2D eigenvalue weighted by Crippen LogP contribution is 2.10. The molecule has 0 unspecified atom stereocenters. The number of rotatable bonds is 6. The van der Waals surface area contributed by atoms with Crippen molar-refractivity contribution >= 4 is 17.5 Å². The van der Waals surface area contributed by atoms with E-state index in [0.29, 0.717) is 25.1 Å². The summed E-state index contributed by atoms with van der Waals surface area (Å²) >= 11 is 0. The summed E-state index contributed by atoms with van der Waals surface area (Å²) < 4.78 is 0. The summed E-state index contributed by atoms with van der Waals surface area (Å²) in [6.07, 6.45) is 2.39. The summed E-state index contributed by atoms with van der Waals surface area (Å²) in [5.74, 6) is -0.718. The van der Waals surface area contributed by atoms with Crippen LogP contribution in [0.25, 0.3) is 0 Å². The summed E-state index contributed by atoms with van der Waals surface area (Å²) in [6, 6.07) is 10.9. The Morgan fingerprint density at radius 2 is 1.91 bits per heavy atom. The number of aromatic nitrogens is 1. The number of aryl methyl sites for hydroxylation is 1. The van der Waals surface area contributed by atoms with E-state index in [2.05, 4.69) is 10.3 Å². The molecule has 1 heterocycles. The number of nitrogens with two attached hydrogens (primary N) is 2. The zero-order valence-corrected chi connectivity index (χ0v) is 12.1. The van der Waals surface area contributed by atoms with Crippen LogP contribution in [-0.4, -0.2) is 16.8 Å². The van der Waals surface area contributed by atoms with Crippen molar-refractivity contribution in [3.63, 3.8) is 0 Å². The number of nitrogens with zero attached hydrogens (tertiary/aromatic N) is 1. The topological polar surface area (TPSA) is 111 Å². The summed E-state index contributed by atoms with van der Waals surface area (Å²) in [5, 5.41) is 2.73. The van der Waals surface area contributed by atoms with Crippen molar-refractivity contribution in [2.24, 2.45) is 11.5 Å². The van der Waals surface area contributed by atoms with Crippen molar-refractivity contribution in [3.05, 3.63) is 59.4 Å². The van der Waals surface area contributed by atoms with Gasteiger partial charge in [-0.05, 0) is 29.7 Å². The van der Waals surface area contributed by atoms with E-state index in [-0.39, 0.29) is 11.6 Å². The molecule has 1 aromatic heterocycles. The minimum Gasteiger partial charge on any atom is -0.364 e. The molecule has 5 N–H and O–H groups in total. The van der Waals surface area contributed by atoms with E-state index in [9.17, 15) is 9.59 Å². The zero-order chi connectivity index (χ0) is 15.9. The predicted octanol–water partition coefficient (Wildman–Crippen LogP) is 1.21. The van der Waals surface area contributed by atoms with Gasteiger partial charge in [-0.3, -0.25) is 9.59 Å². The van der Waals surface area contributed by atoms with Crippen molar-refractivity contribution in [3.8, 4) is 0 Å². The molecule has 0 saturated heterocycles. The van der Waals surface area contributed by atoms with Crippen molar-refractivity contribution in [1.29, 1.82) is 0 Å². The Morgan fingerprint density at radius 3 is 2.55 bits per heavy atom. The molecule has 0 aliphatic heterocycles. The maximum Gasteiger partial charge on any atom is 0.267 e. The lowest BCUT2D eigenvalue weighted by atomic mass is 10.1. The third-order valence-corrected chi connectivity index (χ3v) is 3.17. The third-order valence-electron chi connectivity index (χ3n) is 3.17. The maximum atomic E-state index is 11.9. The number of carbonyl (C=O) groups is 2. The number of carbonyl (C=O) groups excluding carboxylic acids is 2. The van der Waals surface area contributed by atoms with Gasteiger partial charge in [-0.1, -0.05) is 24.3 Å². The molecule has 114 valence electrons. The first kappa shape index (κ1) is 15.7. The van der Waals surface area contributed by atoms with E-state index in [1.807, 2.05) is 24.3 Å². The van der Waals surface area contributed by atoms with Crippen LogP contribution < -0.4 is 16.8 Å². The Labute approximate surface area is 128 Å². The van der Waals surface area contributed by atoms with Crippen molar-refractivity contribution in [2.45, 2.75) is 19.4 Å². The highest BCUT2D eigenvalue weighted by atomic mass is 16.2. The van der Waals surface area contributed by atoms with Gasteiger partial charge in [0, 0.05) is 13.0 Å². The van der Waals surface area contributed by atoms with Crippen molar-refractivity contribution in [2.75, 3.05) is 5.32 Å². The minimum absolute atomic E-state index is 0.119. The Hall–Kier alpha value is -2.73. The van der Waals surface area contributed by atoms with Gasteiger partial charge < -0.3 is 16.8 Å². The fourth-order valence-corrected chi connectivity index (χ4v) is 2.01. The molecule has 1 aromatic carbocycles. The number of hydrogen-bond donors (Lipinski definition) is 3. The van der Waals surface area contributed by atoms with Crippen LogP contribution in [0.4, 0.5) is 5.69 Å². The number of pyridine rings is 1. The average Bonchev–Trinajstić information content (AvgIpc) is 2.53. The first-order valence-electron chi connectivity index (χ1n) is 6.92. The molecule has 0 bridgehead atoms. The van der Waals surface area contributed by atoms with Gasteiger partial charge >= 0.3 is 0 Å². The quantitative estimate of drug-likeness (QED) is 0.744. The molecule has 6 heteroatoms. The van der Waals surface area contributed by atoms with Crippen LogP contribution in [0.1, 0.15) is 28.0 Å². The third kappa shape index (κ3) is 4.39. The fraction of sp³-hybridized carbons (Fsp3) is 0.188. The van der Waals surface area contributed by atoms with Gasteiger partial charge in [-0.2, -0.15) is 0 Å². The zero-order valence-electron chi connectivity index (χ0n) is 12.1. The highest BCUT2D eigenvalue weighted by Gasteiger charge is 2.06. The van der Waals surface area contributed by atoms with Crippen LogP contribution in [0.2, 0.25) is 0 Å². The molecule has 0 radical (unpaired) electrons.